The van der Waals surface area contributed by atoms with Crippen LogP contribution in [0.25, 0.3) is 0 Å². The number of allylic oxidation sites excluding steroid dienone is 2. The van der Waals surface area contributed by atoms with Gasteiger partial charge in [-0.25, -0.2) is 19.2 Å². The summed E-state index contributed by atoms with van der Waals surface area (Å²) in [4.78, 5) is 70.7. The first-order chi connectivity index (χ1) is 38.6. The van der Waals surface area contributed by atoms with Crippen molar-refractivity contribution in [1.82, 2.24) is 19.6 Å². The van der Waals surface area contributed by atoms with Crippen LogP contribution in [-0.4, -0.2) is 118 Å². The number of alkyl halides is 6. The van der Waals surface area contributed by atoms with E-state index in [9.17, 15) is 50.8 Å². The first-order valence-corrected chi connectivity index (χ1v) is 27.2. The Kier molecular flexibility index (Phi) is 22.3. The zero-order chi connectivity index (χ0) is 59.0. The van der Waals surface area contributed by atoms with Gasteiger partial charge in [0.05, 0.1) is 63.9 Å². The van der Waals surface area contributed by atoms with Gasteiger partial charge in [-0.15, -0.1) is 0 Å². The smallest absolute Gasteiger partial charge is 0.416 e. The summed E-state index contributed by atoms with van der Waals surface area (Å²) in [5.74, 6) is -1.41. The Hall–Kier alpha value is -7.50. The molecule has 14 nitrogen and oxygen atoms in total. The van der Waals surface area contributed by atoms with E-state index >= 15 is 0 Å². The number of carbonyl (C=O) groups is 4. The average molecular weight is 1130 g/mol. The van der Waals surface area contributed by atoms with Crippen LogP contribution in [0.3, 0.4) is 0 Å². The number of likely N-dealkylation sites (N-methyl/N-ethyl adjacent to an activating group) is 2. The lowest BCUT2D eigenvalue weighted by molar-refractivity contribution is -0.141. The molecule has 0 aromatic heterocycles. The summed E-state index contributed by atoms with van der Waals surface area (Å²) < 4.78 is 95.6. The van der Waals surface area contributed by atoms with Crippen molar-refractivity contribution >= 4 is 42.1 Å². The molecule has 0 N–H and O–H groups in total. The summed E-state index contributed by atoms with van der Waals surface area (Å²) in [6.07, 6.45) is -1.69. The van der Waals surface area contributed by atoms with Crippen LogP contribution in [0.1, 0.15) is 124 Å². The van der Waals surface area contributed by atoms with Gasteiger partial charge in [-0.1, -0.05) is 99.9 Å². The number of amides is 4. The third-order valence-electron chi connectivity index (χ3n) is 14.3. The number of rotatable bonds is 27. The Bertz CT molecular complexity index is 2930. The fraction of sp³-hybridized carbons (Fsp3) is 0.443. The highest BCUT2D eigenvalue weighted by Crippen LogP contribution is 2.44. The van der Waals surface area contributed by atoms with Gasteiger partial charge in [-0.05, 0) is 127 Å². The summed E-state index contributed by atoms with van der Waals surface area (Å²) >= 11 is 0. The van der Waals surface area contributed by atoms with Gasteiger partial charge in [0.1, 0.15) is 13.2 Å². The predicted octanol–water partition coefficient (Wildman–Crippen LogP) is 13.1. The first kappa shape index (κ1) is 62.7. The Morgan fingerprint density at radius 2 is 0.963 bits per heavy atom. The number of halogens is 6. The van der Waals surface area contributed by atoms with Gasteiger partial charge in [-0.3, -0.25) is 14.8 Å². The number of aliphatic imine (C=N–C) groups is 1. The number of nitriles is 1. The molecular weight excluding hydrogens is 1050 g/mol. The molecule has 2 heterocycles. The van der Waals surface area contributed by atoms with E-state index in [-0.39, 0.29) is 60.2 Å². The van der Waals surface area contributed by atoms with E-state index in [1.165, 1.54) is 36.1 Å². The Morgan fingerprint density at radius 3 is 1.31 bits per heavy atom. The van der Waals surface area contributed by atoms with Crippen LogP contribution >= 0.6 is 0 Å². The van der Waals surface area contributed by atoms with Crippen molar-refractivity contribution in [3.63, 3.8) is 0 Å². The number of urea groups is 2. The predicted molar refractivity (Wildman–Crippen MR) is 299 cm³/mol. The topological polar surface area (TPSA) is 142 Å². The molecule has 0 unspecified atom stereocenters. The molecule has 4 amide bonds. The molecule has 0 radical (unpaired) electrons. The highest BCUT2D eigenvalue weighted by molar-refractivity contribution is 6.04. The second kappa shape index (κ2) is 28.8. The summed E-state index contributed by atoms with van der Waals surface area (Å²) in [5, 5.41) is 9.55. The molecule has 0 bridgehead atoms. The fourth-order valence-electron chi connectivity index (χ4n) is 10.1. The molecule has 2 atom stereocenters. The largest absolute Gasteiger partial charge is 0.461 e. The SMILES string of the molecule is C=NCc1ccc([C@@H]2C(C(=O)OCCN(C)C)=C(C)N(c3cccc(C(F)(F)F)c3)C(=O)N2CCCCCCCCCCCCN2C(=O)N(c3cccc(C(F)(F)F)c3)C(C)=C(C(=O)OCCN(C)C)[C@H]2c2ccc(C#N)cc2)cc1. The van der Waals surface area contributed by atoms with Gasteiger partial charge in [0.15, 0.2) is 0 Å². The van der Waals surface area contributed by atoms with E-state index in [1.54, 1.807) is 36.1 Å². The molecule has 0 saturated carbocycles. The summed E-state index contributed by atoms with van der Waals surface area (Å²) in [6, 6.07) is 21.7. The zero-order valence-electron chi connectivity index (χ0n) is 46.9. The number of anilines is 2. The number of benzene rings is 4. The number of ether oxygens (including phenoxy) is 2. The Morgan fingerprint density at radius 1 is 0.593 bits per heavy atom. The van der Waals surface area contributed by atoms with Crippen LogP contribution < -0.4 is 9.80 Å². The number of esters is 2. The molecule has 20 heteroatoms. The highest BCUT2D eigenvalue weighted by Gasteiger charge is 2.45. The maximum atomic E-state index is 14.7. The maximum absolute atomic E-state index is 14.7. The molecular formula is C61H72F6N8O6. The lowest BCUT2D eigenvalue weighted by Gasteiger charge is -2.43. The van der Waals surface area contributed by atoms with Gasteiger partial charge in [0, 0.05) is 37.6 Å². The molecule has 2 aliphatic rings. The second-order valence-electron chi connectivity index (χ2n) is 20.8. The van der Waals surface area contributed by atoms with Crippen molar-refractivity contribution in [2.24, 2.45) is 4.99 Å². The summed E-state index contributed by atoms with van der Waals surface area (Å²) in [6.45, 7) is 8.23. The molecule has 4 aromatic rings. The zero-order valence-corrected chi connectivity index (χ0v) is 46.9. The standard InChI is InChI=1S/C61H72F6N8O6/c1-42-52(56(76)80-36-34-70(4)5)54(46-28-24-44(40-68)25-29-46)72(58(78)74(42)50-22-18-20-48(38-50)60(62,63)64)32-16-14-12-10-8-9-11-13-15-17-33-73-55(47-30-26-45(27-31-47)41-69-3)53(57(77)81-37-35-71(6)7)43(2)75(59(73)79)51-23-19-21-49(39-51)61(65,66)67/h18-31,38-39,54-55H,3,8-17,32-37,41H2,1-2,4-7H3/t54-,55-/m1/s1. The molecule has 81 heavy (non-hydrogen) atoms. The minimum atomic E-state index is -4.69. The van der Waals surface area contributed by atoms with Gasteiger partial charge >= 0.3 is 36.4 Å². The van der Waals surface area contributed by atoms with Crippen LogP contribution in [0.4, 0.5) is 47.3 Å². The number of hydrogen-bond donors (Lipinski definition) is 0. The van der Waals surface area contributed by atoms with Crippen LogP contribution in [0.5, 0.6) is 0 Å². The Balaban J connectivity index is 1.11. The normalized spacial score (nSPS) is 16.2. The van der Waals surface area contributed by atoms with E-state index in [2.05, 4.69) is 17.8 Å². The van der Waals surface area contributed by atoms with Crippen molar-refractivity contribution in [2.75, 3.05) is 77.4 Å². The van der Waals surface area contributed by atoms with Crippen molar-refractivity contribution in [3.8, 4) is 6.07 Å². The number of unbranched alkanes of at least 4 members (excludes halogenated alkanes) is 9. The van der Waals surface area contributed by atoms with Crippen molar-refractivity contribution in [2.45, 2.75) is 109 Å². The van der Waals surface area contributed by atoms with Crippen LogP contribution in [0.2, 0.25) is 0 Å². The second-order valence-corrected chi connectivity index (χ2v) is 20.8. The molecule has 4 aromatic carbocycles. The van der Waals surface area contributed by atoms with E-state index in [4.69, 9.17) is 9.47 Å². The van der Waals surface area contributed by atoms with Gasteiger partial charge < -0.3 is 29.1 Å². The maximum Gasteiger partial charge on any atom is 0.416 e. The lowest BCUT2D eigenvalue weighted by atomic mass is 9.91. The van der Waals surface area contributed by atoms with Crippen LogP contribution in [0.15, 0.2) is 125 Å². The summed E-state index contributed by atoms with van der Waals surface area (Å²) in [7, 11) is 7.29. The third kappa shape index (κ3) is 16.3. The molecule has 0 fully saturated rings. The minimum Gasteiger partial charge on any atom is -0.461 e. The lowest BCUT2D eigenvalue weighted by Crippen LogP contribution is -2.51. The van der Waals surface area contributed by atoms with E-state index < -0.39 is 59.6 Å². The van der Waals surface area contributed by atoms with Crippen LogP contribution in [-0.2, 0) is 38.0 Å². The van der Waals surface area contributed by atoms with Gasteiger partial charge in [0.25, 0.3) is 0 Å². The summed E-state index contributed by atoms with van der Waals surface area (Å²) in [5.41, 5.74) is 0.901. The number of carbonyl (C=O) groups excluding carboxylic acids is 4. The third-order valence-corrected chi connectivity index (χ3v) is 14.3. The van der Waals surface area contributed by atoms with Gasteiger partial charge in [0.2, 0.25) is 0 Å². The van der Waals surface area contributed by atoms with Crippen molar-refractivity contribution < 1.29 is 55.0 Å². The highest BCUT2D eigenvalue weighted by atomic mass is 19.4. The number of hydrogen-bond acceptors (Lipinski definition) is 10. The Labute approximate surface area is 470 Å². The molecule has 0 spiro atoms. The molecule has 6 rings (SSSR count). The van der Waals surface area contributed by atoms with Gasteiger partial charge in [-0.2, -0.15) is 31.6 Å². The minimum absolute atomic E-state index is 0.0226. The van der Waals surface area contributed by atoms with E-state index in [1.807, 2.05) is 62.3 Å². The monoisotopic (exact) mass is 1130 g/mol. The average Bonchev–Trinajstić information content (AvgIpc) is 3.63. The van der Waals surface area contributed by atoms with Crippen molar-refractivity contribution in [1.29, 1.82) is 5.26 Å². The fourth-order valence-corrected chi connectivity index (χ4v) is 10.1. The quantitative estimate of drug-likeness (QED) is 0.0247. The van der Waals surface area contributed by atoms with Crippen molar-refractivity contribution in [3.05, 3.63) is 153 Å². The van der Waals surface area contributed by atoms with E-state index in [0.29, 0.717) is 55.6 Å². The number of nitrogens with zero attached hydrogens (tertiary/aromatic N) is 8. The molecule has 0 aliphatic carbocycles. The van der Waals surface area contributed by atoms with E-state index in [0.717, 1.165) is 84.6 Å². The first-order valence-electron chi connectivity index (χ1n) is 27.2. The van der Waals surface area contributed by atoms with Crippen LogP contribution in [0, 0.1) is 11.3 Å². The molecule has 434 valence electrons. The molecule has 2 aliphatic heterocycles. The molecule has 0 saturated heterocycles.